The van der Waals surface area contributed by atoms with E-state index in [2.05, 4.69) is 123 Å². The van der Waals surface area contributed by atoms with Gasteiger partial charge in [0.25, 0.3) is 0 Å². The fourth-order valence-electron chi connectivity index (χ4n) is 5.57. The molecule has 37 heavy (non-hydrogen) atoms. The molecule has 0 radical (unpaired) electrons. The van der Waals surface area contributed by atoms with Crippen LogP contribution < -0.4 is 0 Å². The largest absolute Gasteiger partial charge is 0.310 e. The van der Waals surface area contributed by atoms with E-state index >= 15 is 0 Å². The van der Waals surface area contributed by atoms with Crippen molar-refractivity contribution >= 4 is 55.3 Å². The third-order valence-electron chi connectivity index (χ3n) is 7.19. The Balaban J connectivity index is 1.55. The minimum absolute atomic E-state index is 0.866. The number of para-hydroxylation sites is 5. The molecular weight excluding hydrogens is 452 g/mol. The molecule has 0 spiro atoms. The fourth-order valence-corrected chi connectivity index (χ4v) is 5.57. The van der Waals surface area contributed by atoms with Gasteiger partial charge in [-0.2, -0.15) is 0 Å². The summed E-state index contributed by atoms with van der Waals surface area (Å²) in [6, 6.07) is 32.2. The number of aromatic nitrogens is 4. The summed E-state index contributed by atoms with van der Waals surface area (Å²) in [5.41, 5.74) is 8.92. The molecule has 7 aromatic rings. The van der Waals surface area contributed by atoms with Crippen LogP contribution in [0.4, 0.5) is 0 Å². The second-order valence-electron chi connectivity index (χ2n) is 9.25. The minimum Gasteiger partial charge on any atom is -0.310 e. The average molecular weight is 479 g/mol. The molecule has 4 aromatic carbocycles. The molecule has 0 aliphatic heterocycles. The molecule has 4 nitrogen and oxygen atoms in total. The van der Waals surface area contributed by atoms with Crippen molar-refractivity contribution in [2.75, 3.05) is 0 Å². The maximum Gasteiger partial charge on any atom is 0.220 e. The summed E-state index contributed by atoms with van der Waals surface area (Å²) >= 11 is 0. The highest BCUT2D eigenvalue weighted by atomic mass is 15.2. The summed E-state index contributed by atoms with van der Waals surface area (Å²) in [6.45, 7) is 6.18. The number of hydrogen-bond acceptors (Lipinski definition) is 1. The van der Waals surface area contributed by atoms with Crippen LogP contribution in [0.5, 0.6) is 0 Å². The summed E-state index contributed by atoms with van der Waals surface area (Å²) in [5, 5.41) is 2.43. The van der Waals surface area contributed by atoms with Gasteiger partial charge in [-0.1, -0.05) is 67.3 Å². The van der Waals surface area contributed by atoms with E-state index in [1.165, 1.54) is 16.3 Å². The topological polar surface area (TPSA) is 27.2 Å². The molecule has 0 aliphatic carbocycles. The molecule has 0 fully saturated rings. The van der Waals surface area contributed by atoms with Gasteiger partial charge in [0.1, 0.15) is 0 Å². The summed E-state index contributed by atoms with van der Waals surface area (Å²) in [7, 11) is 0. The molecule has 0 unspecified atom stereocenters. The zero-order valence-corrected chi connectivity index (χ0v) is 20.7. The van der Waals surface area contributed by atoms with Crippen molar-refractivity contribution in [2.45, 2.75) is 13.3 Å². The van der Waals surface area contributed by atoms with Gasteiger partial charge in [0.15, 0.2) is 0 Å². The predicted octanol–water partition coefficient (Wildman–Crippen LogP) is 8.53. The molecule has 178 valence electrons. The monoisotopic (exact) mass is 478 g/mol. The Labute approximate surface area is 214 Å². The van der Waals surface area contributed by atoms with Crippen molar-refractivity contribution in [3.63, 3.8) is 0 Å². The number of rotatable bonds is 5. The Kier molecular flexibility index (Phi) is 4.86. The first-order chi connectivity index (χ1) is 18.3. The van der Waals surface area contributed by atoms with Gasteiger partial charge in [-0.3, -0.25) is 8.97 Å². The first kappa shape index (κ1) is 21.5. The van der Waals surface area contributed by atoms with Crippen LogP contribution in [0.3, 0.4) is 0 Å². The quantitative estimate of drug-likeness (QED) is 0.180. The zero-order chi connectivity index (χ0) is 24.9. The minimum atomic E-state index is 0.866. The lowest BCUT2D eigenvalue weighted by Crippen LogP contribution is -1.97. The highest BCUT2D eigenvalue weighted by Gasteiger charge is 2.18. The molecule has 7 rings (SSSR count). The predicted molar refractivity (Wildman–Crippen MR) is 156 cm³/mol. The number of hydrogen-bond donors (Lipinski definition) is 0. The van der Waals surface area contributed by atoms with Crippen LogP contribution in [0, 0.1) is 0 Å². The number of imidazole rings is 2. The van der Waals surface area contributed by atoms with Gasteiger partial charge < -0.3 is 4.57 Å². The Morgan fingerprint density at radius 3 is 2.30 bits per heavy atom. The SMILES string of the molecule is C=C/C(=C/C/C=C\C)n1c2ccccc2c2cc(-n3c4ccccc4n4c5ccccc5nc34)ccc21. The average Bonchev–Trinajstić information content (AvgIpc) is 3.58. The van der Waals surface area contributed by atoms with E-state index in [-0.39, 0.29) is 0 Å². The molecule has 0 bridgehead atoms. The van der Waals surface area contributed by atoms with Crippen molar-refractivity contribution < 1.29 is 0 Å². The summed E-state index contributed by atoms with van der Waals surface area (Å²) in [5.74, 6) is 0.920. The van der Waals surface area contributed by atoms with E-state index in [9.17, 15) is 0 Å². The molecule has 4 heteroatoms. The smallest absolute Gasteiger partial charge is 0.220 e. The lowest BCUT2D eigenvalue weighted by molar-refractivity contribution is 1.11. The number of allylic oxidation sites excluding steroid dienone is 5. The van der Waals surface area contributed by atoms with Crippen molar-refractivity contribution in [1.29, 1.82) is 0 Å². The summed E-state index contributed by atoms with van der Waals surface area (Å²) in [4.78, 5) is 5.05. The maximum absolute atomic E-state index is 5.05. The first-order valence-electron chi connectivity index (χ1n) is 12.6. The van der Waals surface area contributed by atoms with Crippen LogP contribution in [0.15, 0.2) is 122 Å². The van der Waals surface area contributed by atoms with Gasteiger partial charge in [-0.15, -0.1) is 0 Å². The fraction of sp³-hybridized carbons (Fsp3) is 0.0606. The molecule has 3 aromatic heterocycles. The van der Waals surface area contributed by atoms with E-state index in [0.717, 1.165) is 51.2 Å². The maximum atomic E-state index is 5.05. The van der Waals surface area contributed by atoms with E-state index in [0.29, 0.717) is 0 Å². The Bertz CT molecular complexity index is 2040. The van der Waals surface area contributed by atoms with Crippen LogP contribution in [-0.2, 0) is 0 Å². The Morgan fingerprint density at radius 1 is 0.784 bits per heavy atom. The normalized spacial score (nSPS) is 12.7. The van der Waals surface area contributed by atoms with E-state index in [1.54, 1.807) is 0 Å². The van der Waals surface area contributed by atoms with Gasteiger partial charge in [0, 0.05) is 22.2 Å². The van der Waals surface area contributed by atoms with Gasteiger partial charge in [-0.05, 0) is 68.0 Å². The van der Waals surface area contributed by atoms with Gasteiger partial charge in [0.2, 0.25) is 5.78 Å². The molecule has 3 heterocycles. The zero-order valence-electron chi connectivity index (χ0n) is 20.7. The van der Waals surface area contributed by atoms with Gasteiger partial charge in [0.05, 0.1) is 33.1 Å². The molecule has 0 aliphatic rings. The standard InChI is InChI=1S/C33H26N4/c1-3-5-6-13-23(4-2)35-28-16-9-7-14-25(28)26-22-24(20-21-29(26)35)36-31-18-11-12-19-32(31)37-30-17-10-8-15-27(30)34-33(36)37/h3-5,7-22H,2,6H2,1H3/b5-3-,23-13-. The second-order valence-corrected chi connectivity index (χ2v) is 9.25. The molecule has 0 N–H and O–H groups in total. The molecule has 0 saturated heterocycles. The molecule has 0 amide bonds. The van der Waals surface area contributed by atoms with Gasteiger partial charge in [-0.25, -0.2) is 4.98 Å². The number of nitrogens with zero attached hydrogens (tertiary/aromatic N) is 4. The molecule has 0 saturated carbocycles. The highest BCUT2D eigenvalue weighted by Crippen LogP contribution is 2.35. The Hall–Kier alpha value is -4.83. The third-order valence-corrected chi connectivity index (χ3v) is 7.19. The van der Waals surface area contributed by atoms with Crippen molar-refractivity contribution in [2.24, 2.45) is 0 Å². The molecular formula is C33H26N4. The second kappa shape index (κ2) is 8.38. The van der Waals surface area contributed by atoms with E-state index in [4.69, 9.17) is 4.98 Å². The van der Waals surface area contributed by atoms with Crippen LogP contribution in [0.1, 0.15) is 13.3 Å². The highest BCUT2D eigenvalue weighted by molar-refractivity contribution is 6.11. The lowest BCUT2D eigenvalue weighted by Gasteiger charge is -2.10. The van der Waals surface area contributed by atoms with Crippen LogP contribution >= 0.6 is 0 Å². The summed E-state index contributed by atoms with van der Waals surface area (Å²) in [6.07, 6.45) is 9.28. The number of fused-ring (bicyclic) bond motifs is 8. The van der Waals surface area contributed by atoms with Crippen LogP contribution in [-0.4, -0.2) is 18.5 Å². The van der Waals surface area contributed by atoms with Crippen molar-refractivity contribution in [1.82, 2.24) is 18.5 Å². The van der Waals surface area contributed by atoms with Crippen LogP contribution in [0.2, 0.25) is 0 Å². The van der Waals surface area contributed by atoms with Crippen LogP contribution in [0.25, 0.3) is 61.0 Å². The van der Waals surface area contributed by atoms with Gasteiger partial charge >= 0.3 is 0 Å². The van der Waals surface area contributed by atoms with E-state index in [1.807, 2.05) is 19.1 Å². The van der Waals surface area contributed by atoms with E-state index < -0.39 is 0 Å². The number of benzene rings is 4. The van der Waals surface area contributed by atoms with Crippen molar-refractivity contribution in [3.05, 3.63) is 122 Å². The lowest BCUT2D eigenvalue weighted by atomic mass is 10.1. The third kappa shape index (κ3) is 3.12. The first-order valence-corrected chi connectivity index (χ1v) is 12.6. The Morgan fingerprint density at radius 2 is 1.49 bits per heavy atom. The summed E-state index contributed by atoms with van der Waals surface area (Å²) < 4.78 is 6.85. The van der Waals surface area contributed by atoms with Crippen molar-refractivity contribution in [3.8, 4) is 5.69 Å². The molecule has 0 atom stereocenters.